The van der Waals surface area contributed by atoms with Crippen molar-refractivity contribution in [1.82, 2.24) is 15.5 Å². The zero-order chi connectivity index (χ0) is 26.7. The maximum atomic E-state index is 13.8. The molecule has 0 aromatic heterocycles. The van der Waals surface area contributed by atoms with Crippen LogP contribution >= 0.6 is 0 Å². The molecule has 2 atom stereocenters. The lowest BCUT2D eigenvalue weighted by Crippen LogP contribution is -2.52. The molecular weight excluding hydrogens is 454 g/mol. The van der Waals surface area contributed by atoms with Gasteiger partial charge in [-0.25, -0.2) is 4.79 Å². The van der Waals surface area contributed by atoms with E-state index in [0.29, 0.717) is 6.54 Å². The summed E-state index contributed by atoms with van der Waals surface area (Å²) in [5, 5.41) is 5.73. The van der Waals surface area contributed by atoms with E-state index in [0.717, 1.165) is 36.0 Å². The largest absolute Gasteiger partial charge is 0.444 e. The van der Waals surface area contributed by atoms with Gasteiger partial charge in [-0.1, -0.05) is 74.4 Å². The molecule has 2 rings (SSSR count). The molecule has 7 heteroatoms. The molecule has 0 bridgehead atoms. The van der Waals surface area contributed by atoms with Crippen molar-refractivity contribution in [2.24, 2.45) is 0 Å². The maximum absolute atomic E-state index is 13.8. The van der Waals surface area contributed by atoms with Crippen molar-refractivity contribution in [3.63, 3.8) is 0 Å². The van der Waals surface area contributed by atoms with Crippen LogP contribution in [0.25, 0.3) is 0 Å². The first-order chi connectivity index (χ1) is 17.0. The van der Waals surface area contributed by atoms with Gasteiger partial charge in [0.05, 0.1) is 0 Å². The Hall–Kier alpha value is -3.35. The van der Waals surface area contributed by atoms with Gasteiger partial charge in [-0.2, -0.15) is 0 Å². The molecule has 0 aliphatic carbocycles. The fraction of sp³-hybridized carbons (Fsp3) is 0.483. The van der Waals surface area contributed by atoms with E-state index < -0.39 is 23.8 Å². The highest BCUT2D eigenvalue weighted by Gasteiger charge is 2.34. The van der Waals surface area contributed by atoms with E-state index in [1.165, 1.54) is 4.90 Å². The SMILES string of the molecule is CCCCCNC(=O)C(c1ccccc1C)N(C)C(=O)C(Cc1ccccc1)NC(=O)OC(C)(C)C. The van der Waals surface area contributed by atoms with E-state index in [4.69, 9.17) is 4.74 Å². The standard InChI is InChI=1S/C29H41N3O4/c1-7-8-14-19-30-26(33)25(23-18-13-12-15-21(23)2)32(6)27(34)24(20-22-16-10-9-11-17-22)31-28(35)36-29(3,4)5/h9-13,15-18,24-25H,7-8,14,19-20H2,1-6H3,(H,30,33)(H,31,35). The number of rotatable bonds is 11. The number of carbonyl (C=O) groups excluding carboxylic acids is 3. The number of amides is 3. The third kappa shape index (κ3) is 9.02. The molecule has 2 unspecified atom stereocenters. The van der Waals surface area contributed by atoms with Gasteiger partial charge in [-0.3, -0.25) is 9.59 Å². The first-order valence-corrected chi connectivity index (χ1v) is 12.7. The monoisotopic (exact) mass is 495 g/mol. The number of hydrogen-bond acceptors (Lipinski definition) is 4. The minimum atomic E-state index is -0.911. The van der Waals surface area contributed by atoms with E-state index in [-0.39, 0.29) is 18.2 Å². The molecule has 0 radical (unpaired) electrons. The Labute approximate surface area is 215 Å². The average Bonchev–Trinajstić information content (AvgIpc) is 2.81. The van der Waals surface area contributed by atoms with E-state index in [1.807, 2.05) is 61.5 Å². The van der Waals surface area contributed by atoms with Crippen LogP contribution in [0.3, 0.4) is 0 Å². The van der Waals surface area contributed by atoms with Crippen LogP contribution in [0.15, 0.2) is 54.6 Å². The van der Waals surface area contributed by atoms with Crippen molar-refractivity contribution in [1.29, 1.82) is 0 Å². The fourth-order valence-corrected chi connectivity index (χ4v) is 3.98. The number of nitrogens with one attached hydrogen (secondary N) is 2. The van der Waals surface area contributed by atoms with Crippen LogP contribution in [0.2, 0.25) is 0 Å². The smallest absolute Gasteiger partial charge is 0.408 e. The Morgan fingerprint density at radius 2 is 1.61 bits per heavy atom. The Morgan fingerprint density at radius 3 is 2.22 bits per heavy atom. The molecule has 2 N–H and O–H groups in total. The molecule has 36 heavy (non-hydrogen) atoms. The van der Waals surface area contributed by atoms with E-state index in [2.05, 4.69) is 17.6 Å². The van der Waals surface area contributed by atoms with Gasteiger partial charge in [0.1, 0.15) is 17.7 Å². The summed E-state index contributed by atoms with van der Waals surface area (Å²) < 4.78 is 5.42. The van der Waals surface area contributed by atoms with Gasteiger partial charge in [0.2, 0.25) is 11.8 Å². The van der Waals surface area contributed by atoms with Crippen molar-refractivity contribution >= 4 is 17.9 Å². The molecule has 0 spiro atoms. The lowest BCUT2D eigenvalue weighted by Gasteiger charge is -2.32. The summed E-state index contributed by atoms with van der Waals surface area (Å²) in [7, 11) is 1.61. The van der Waals surface area contributed by atoms with Crippen LogP contribution < -0.4 is 10.6 Å². The van der Waals surface area contributed by atoms with Crippen molar-refractivity contribution in [2.45, 2.75) is 78.0 Å². The van der Waals surface area contributed by atoms with Crippen LogP contribution in [0.1, 0.15) is 69.7 Å². The van der Waals surface area contributed by atoms with E-state index in [9.17, 15) is 14.4 Å². The predicted molar refractivity (Wildman–Crippen MR) is 143 cm³/mol. The topological polar surface area (TPSA) is 87.7 Å². The van der Waals surface area contributed by atoms with Gasteiger partial charge < -0.3 is 20.3 Å². The Morgan fingerprint density at radius 1 is 0.972 bits per heavy atom. The number of likely N-dealkylation sites (N-methyl/N-ethyl adjacent to an activating group) is 1. The van der Waals surface area contributed by atoms with Gasteiger partial charge in [0, 0.05) is 20.0 Å². The first-order valence-electron chi connectivity index (χ1n) is 12.7. The molecule has 3 amide bonds. The van der Waals surface area contributed by atoms with Crippen LogP contribution in [0.4, 0.5) is 4.79 Å². The van der Waals surface area contributed by atoms with Crippen molar-refractivity contribution in [3.8, 4) is 0 Å². The molecule has 0 heterocycles. The summed E-state index contributed by atoms with van der Waals surface area (Å²) in [6.07, 6.45) is 2.52. The molecule has 2 aromatic carbocycles. The Balaban J connectivity index is 2.35. The van der Waals surface area contributed by atoms with Gasteiger partial charge in [0.25, 0.3) is 0 Å². The van der Waals surface area contributed by atoms with Crippen LogP contribution in [0, 0.1) is 6.92 Å². The van der Waals surface area contributed by atoms with Crippen LogP contribution in [0.5, 0.6) is 0 Å². The minimum absolute atomic E-state index is 0.244. The Bertz CT molecular complexity index is 1000. The molecule has 0 aliphatic heterocycles. The second kappa shape index (κ2) is 13.7. The van der Waals surface area contributed by atoms with E-state index in [1.54, 1.807) is 27.8 Å². The molecular formula is C29H41N3O4. The number of carbonyl (C=O) groups is 3. The summed E-state index contributed by atoms with van der Waals surface area (Å²) in [5.74, 6) is -0.617. The lowest BCUT2D eigenvalue weighted by molar-refractivity contribution is -0.140. The molecule has 7 nitrogen and oxygen atoms in total. The highest BCUT2D eigenvalue weighted by Crippen LogP contribution is 2.24. The highest BCUT2D eigenvalue weighted by molar-refractivity contribution is 5.92. The van der Waals surface area contributed by atoms with Gasteiger partial charge in [-0.05, 0) is 50.8 Å². The number of hydrogen-bond donors (Lipinski definition) is 2. The Kier molecular flexibility index (Phi) is 11.0. The number of alkyl carbamates (subject to hydrolysis) is 1. The van der Waals surface area contributed by atoms with Crippen LogP contribution in [-0.4, -0.2) is 48.0 Å². The van der Waals surface area contributed by atoms with Gasteiger partial charge in [-0.15, -0.1) is 0 Å². The normalized spacial score (nSPS) is 12.8. The number of ether oxygens (including phenoxy) is 1. The third-order valence-electron chi connectivity index (χ3n) is 5.82. The lowest BCUT2D eigenvalue weighted by atomic mass is 9.97. The number of benzene rings is 2. The summed E-state index contributed by atoms with van der Waals surface area (Å²) in [6, 6.07) is 15.3. The van der Waals surface area contributed by atoms with Gasteiger partial charge >= 0.3 is 6.09 Å². The highest BCUT2D eigenvalue weighted by atomic mass is 16.6. The first kappa shape index (κ1) is 28.9. The number of aryl methyl sites for hydroxylation is 1. The average molecular weight is 496 g/mol. The quantitative estimate of drug-likeness (QED) is 0.433. The molecule has 0 saturated carbocycles. The fourth-order valence-electron chi connectivity index (χ4n) is 3.98. The molecule has 0 fully saturated rings. The molecule has 0 aliphatic rings. The molecule has 196 valence electrons. The maximum Gasteiger partial charge on any atom is 0.408 e. The zero-order valence-corrected chi connectivity index (χ0v) is 22.5. The van der Waals surface area contributed by atoms with Crippen molar-refractivity contribution < 1.29 is 19.1 Å². The number of unbranched alkanes of at least 4 members (excludes halogenated alkanes) is 2. The van der Waals surface area contributed by atoms with Gasteiger partial charge in [0.15, 0.2) is 0 Å². The summed E-state index contributed by atoms with van der Waals surface area (Å²) in [4.78, 5) is 41.3. The third-order valence-corrected chi connectivity index (χ3v) is 5.82. The second-order valence-electron chi connectivity index (χ2n) is 10.1. The summed E-state index contributed by atoms with van der Waals surface area (Å²) in [6.45, 7) is 9.87. The van der Waals surface area contributed by atoms with E-state index >= 15 is 0 Å². The number of nitrogens with zero attached hydrogens (tertiary/aromatic N) is 1. The van der Waals surface area contributed by atoms with Crippen molar-refractivity contribution in [3.05, 3.63) is 71.3 Å². The minimum Gasteiger partial charge on any atom is -0.444 e. The predicted octanol–water partition coefficient (Wildman–Crippen LogP) is 4.94. The van der Waals surface area contributed by atoms with Crippen LogP contribution in [-0.2, 0) is 20.7 Å². The summed E-state index contributed by atoms with van der Waals surface area (Å²) >= 11 is 0. The second-order valence-corrected chi connectivity index (χ2v) is 10.1. The zero-order valence-electron chi connectivity index (χ0n) is 22.5. The molecule has 0 saturated heterocycles. The summed E-state index contributed by atoms with van der Waals surface area (Å²) in [5.41, 5.74) is 1.83. The molecule has 2 aromatic rings. The van der Waals surface area contributed by atoms with Crippen molar-refractivity contribution in [2.75, 3.05) is 13.6 Å².